The quantitative estimate of drug-likeness (QED) is 0.827. The molecule has 1 aliphatic carbocycles. The minimum Gasteiger partial charge on any atom is -0.366 e. The van der Waals surface area contributed by atoms with Crippen LogP contribution < -0.4 is 10.6 Å². The van der Waals surface area contributed by atoms with Crippen LogP contribution in [0.1, 0.15) is 43.9 Å². The number of hydrogen-bond acceptors (Lipinski definition) is 4. The third kappa shape index (κ3) is 4.10. The molecule has 5 heteroatoms. The first-order chi connectivity index (χ1) is 10.6. The van der Waals surface area contributed by atoms with Gasteiger partial charge in [-0.05, 0) is 44.4 Å². The van der Waals surface area contributed by atoms with Gasteiger partial charge >= 0.3 is 0 Å². The van der Waals surface area contributed by atoms with Crippen molar-refractivity contribution in [2.24, 2.45) is 0 Å². The molecule has 0 unspecified atom stereocenters. The third-order valence-electron chi connectivity index (χ3n) is 3.55. The van der Waals surface area contributed by atoms with E-state index in [1.165, 1.54) is 18.4 Å². The van der Waals surface area contributed by atoms with Crippen LogP contribution >= 0.6 is 11.6 Å². The molecule has 0 saturated heterocycles. The summed E-state index contributed by atoms with van der Waals surface area (Å²) in [6.45, 7) is 4.90. The molecule has 1 heterocycles. The molecule has 1 aliphatic rings. The smallest absolute Gasteiger partial charge is 0.225 e. The summed E-state index contributed by atoms with van der Waals surface area (Å²) in [5.74, 6) is 2.18. The molecule has 0 atom stereocenters. The van der Waals surface area contributed by atoms with Crippen molar-refractivity contribution in [3.05, 3.63) is 46.6 Å². The molecule has 1 saturated carbocycles. The molecule has 0 radical (unpaired) electrons. The second-order valence-electron chi connectivity index (χ2n) is 6.05. The fourth-order valence-electron chi connectivity index (χ4n) is 2.26. The van der Waals surface area contributed by atoms with E-state index in [0.29, 0.717) is 17.9 Å². The van der Waals surface area contributed by atoms with Gasteiger partial charge in [0.1, 0.15) is 5.82 Å². The van der Waals surface area contributed by atoms with Crippen LogP contribution in [0.4, 0.5) is 11.8 Å². The maximum Gasteiger partial charge on any atom is 0.225 e. The number of rotatable bonds is 6. The van der Waals surface area contributed by atoms with Crippen molar-refractivity contribution in [1.29, 1.82) is 0 Å². The van der Waals surface area contributed by atoms with Gasteiger partial charge in [-0.2, -0.15) is 4.98 Å². The summed E-state index contributed by atoms with van der Waals surface area (Å²) < 4.78 is 0. The zero-order valence-corrected chi connectivity index (χ0v) is 13.7. The first kappa shape index (κ1) is 15.1. The van der Waals surface area contributed by atoms with E-state index in [4.69, 9.17) is 11.6 Å². The molecule has 1 fully saturated rings. The van der Waals surface area contributed by atoms with Gasteiger partial charge in [-0.1, -0.05) is 23.7 Å². The van der Waals surface area contributed by atoms with E-state index >= 15 is 0 Å². The van der Waals surface area contributed by atoms with Crippen LogP contribution in [0.2, 0.25) is 5.02 Å². The molecule has 3 rings (SSSR count). The number of anilines is 2. The highest BCUT2D eigenvalue weighted by Crippen LogP contribution is 2.39. The minimum absolute atomic E-state index is 0.318. The van der Waals surface area contributed by atoms with Crippen molar-refractivity contribution in [3.8, 4) is 0 Å². The summed E-state index contributed by atoms with van der Waals surface area (Å²) in [6.07, 6.45) is 2.46. The maximum atomic E-state index is 5.91. The first-order valence-corrected chi connectivity index (χ1v) is 8.12. The number of benzene rings is 1. The number of hydrogen-bond donors (Lipinski definition) is 2. The Balaban J connectivity index is 1.73. The predicted molar refractivity (Wildman–Crippen MR) is 91.5 cm³/mol. The number of nitrogens with one attached hydrogen (secondary N) is 2. The van der Waals surface area contributed by atoms with Gasteiger partial charge in [-0.15, -0.1) is 0 Å². The largest absolute Gasteiger partial charge is 0.366 e. The van der Waals surface area contributed by atoms with Crippen molar-refractivity contribution in [1.82, 2.24) is 9.97 Å². The van der Waals surface area contributed by atoms with Crippen molar-refractivity contribution in [3.63, 3.8) is 0 Å². The Kier molecular flexibility index (Phi) is 4.48. The van der Waals surface area contributed by atoms with Gasteiger partial charge in [-0.3, -0.25) is 0 Å². The monoisotopic (exact) mass is 316 g/mol. The van der Waals surface area contributed by atoms with E-state index in [9.17, 15) is 0 Å². The molecule has 0 aliphatic heterocycles. The standard InChI is InChI=1S/C17H21ClN4/c1-11(2)20-17-21-15(13-5-6-13)9-16(22-17)19-10-12-3-7-14(18)8-4-12/h3-4,7-9,11,13H,5-6,10H2,1-2H3,(H2,19,20,21,22). The van der Waals surface area contributed by atoms with Crippen molar-refractivity contribution in [2.75, 3.05) is 10.6 Å². The van der Waals surface area contributed by atoms with Crippen molar-refractivity contribution < 1.29 is 0 Å². The first-order valence-electron chi connectivity index (χ1n) is 7.74. The Morgan fingerprint density at radius 1 is 1.18 bits per heavy atom. The summed E-state index contributed by atoms with van der Waals surface area (Å²) in [7, 11) is 0. The van der Waals surface area contributed by atoms with E-state index in [2.05, 4.69) is 40.5 Å². The predicted octanol–water partition coefficient (Wildman–Crippen LogP) is 4.44. The van der Waals surface area contributed by atoms with Gasteiger partial charge in [0.2, 0.25) is 5.95 Å². The molecule has 0 spiro atoms. The normalized spacial score (nSPS) is 14.2. The Bertz CT molecular complexity index is 636. The molecule has 1 aromatic carbocycles. The fourth-order valence-corrected chi connectivity index (χ4v) is 2.39. The Labute approximate surface area is 136 Å². The summed E-state index contributed by atoms with van der Waals surface area (Å²) in [5.41, 5.74) is 2.31. The van der Waals surface area contributed by atoms with Crippen LogP contribution in [0, 0.1) is 0 Å². The highest BCUT2D eigenvalue weighted by molar-refractivity contribution is 6.30. The van der Waals surface area contributed by atoms with Crippen LogP contribution in [-0.4, -0.2) is 16.0 Å². The maximum absolute atomic E-state index is 5.91. The summed E-state index contributed by atoms with van der Waals surface area (Å²) in [6, 6.07) is 10.2. The number of nitrogens with zero attached hydrogens (tertiary/aromatic N) is 2. The molecule has 116 valence electrons. The third-order valence-corrected chi connectivity index (χ3v) is 3.80. The summed E-state index contributed by atoms with van der Waals surface area (Å²) >= 11 is 5.91. The molecule has 0 bridgehead atoms. The van der Waals surface area contributed by atoms with E-state index in [1.54, 1.807) is 0 Å². The minimum atomic E-state index is 0.318. The Hall–Kier alpha value is -1.81. The average molecular weight is 317 g/mol. The molecular formula is C17H21ClN4. The van der Waals surface area contributed by atoms with E-state index in [1.807, 2.05) is 24.3 Å². The van der Waals surface area contributed by atoms with E-state index in [-0.39, 0.29) is 0 Å². The highest BCUT2D eigenvalue weighted by Gasteiger charge is 2.26. The molecule has 2 aromatic rings. The average Bonchev–Trinajstić information content (AvgIpc) is 3.30. The van der Waals surface area contributed by atoms with Crippen LogP contribution in [-0.2, 0) is 6.54 Å². The second-order valence-corrected chi connectivity index (χ2v) is 6.49. The van der Waals surface area contributed by atoms with Crippen LogP contribution in [0.5, 0.6) is 0 Å². The lowest BCUT2D eigenvalue weighted by molar-refractivity contribution is 0.862. The lowest BCUT2D eigenvalue weighted by atomic mass is 10.2. The van der Waals surface area contributed by atoms with Crippen LogP contribution in [0.25, 0.3) is 0 Å². The Morgan fingerprint density at radius 3 is 2.55 bits per heavy atom. The van der Waals surface area contributed by atoms with Crippen LogP contribution in [0.3, 0.4) is 0 Å². The zero-order valence-electron chi connectivity index (χ0n) is 12.9. The molecule has 22 heavy (non-hydrogen) atoms. The van der Waals surface area contributed by atoms with Gasteiger partial charge < -0.3 is 10.6 Å². The SMILES string of the molecule is CC(C)Nc1nc(NCc2ccc(Cl)cc2)cc(C2CC2)n1. The van der Waals surface area contributed by atoms with Crippen molar-refractivity contribution >= 4 is 23.4 Å². The lowest BCUT2D eigenvalue weighted by Gasteiger charge is -2.13. The number of aromatic nitrogens is 2. The number of halogens is 1. The van der Waals surface area contributed by atoms with Gasteiger partial charge in [0.25, 0.3) is 0 Å². The molecule has 2 N–H and O–H groups in total. The summed E-state index contributed by atoms with van der Waals surface area (Å²) in [5, 5.41) is 7.43. The van der Waals surface area contributed by atoms with E-state index in [0.717, 1.165) is 23.1 Å². The lowest BCUT2D eigenvalue weighted by Crippen LogP contribution is -2.14. The summed E-state index contributed by atoms with van der Waals surface area (Å²) in [4.78, 5) is 9.18. The van der Waals surface area contributed by atoms with Gasteiger partial charge in [-0.25, -0.2) is 4.98 Å². The Morgan fingerprint density at radius 2 is 1.91 bits per heavy atom. The fraction of sp³-hybridized carbons (Fsp3) is 0.412. The molecular weight excluding hydrogens is 296 g/mol. The molecule has 1 aromatic heterocycles. The zero-order chi connectivity index (χ0) is 15.5. The topological polar surface area (TPSA) is 49.8 Å². The van der Waals surface area contributed by atoms with Crippen molar-refractivity contribution in [2.45, 2.75) is 45.2 Å². The van der Waals surface area contributed by atoms with Gasteiger partial charge in [0.15, 0.2) is 0 Å². The van der Waals surface area contributed by atoms with Crippen LogP contribution in [0.15, 0.2) is 30.3 Å². The second kappa shape index (κ2) is 6.53. The van der Waals surface area contributed by atoms with Gasteiger partial charge in [0.05, 0.1) is 5.69 Å². The van der Waals surface area contributed by atoms with Gasteiger partial charge in [0, 0.05) is 29.6 Å². The van der Waals surface area contributed by atoms with E-state index < -0.39 is 0 Å². The highest BCUT2D eigenvalue weighted by atomic mass is 35.5. The molecule has 4 nitrogen and oxygen atoms in total. The molecule has 0 amide bonds.